The summed E-state index contributed by atoms with van der Waals surface area (Å²) in [6.45, 7) is -0.680. The number of hydrogen-bond acceptors (Lipinski definition) is 4. The third-order valence-corrected chi connectivity index (χ3v) is 1.74. The van der Waals surface area contributed by atoms with E-state index in [2.05, 4.69) is 10.4 Å². The normalized spacial score (nSPS) is 10.7. The van der Waals surface area contributed by atoms with E-state index in [1.165, 1.54) is 14.1 Å². The van der Waals surface area contributed by atoms with Crippen LogP contribution < -0.4 is 16.6 Å². The minimum atomic E-state index is -2.59. The van der Waals surface area contributed by atoms with Crippen LogP contribution in [0, 0.1) is 0 Å². The molecule has 6 nitrogen and oxygen atoms in total. The van der Waals surface area contributed by atoms with Crippen LogP contribution >= 0.6 is 0 Å². The predicted octanol–water partition coefficient (Wildman–Crippen LogP) is -0.844. The van der Waals surface area contributed by atoms with Crippen LogP contribution in [0.25, 0.3) is 0 Å². The number of alkyl halides is 2. The lowest BCUT2D eigenvalue weighted by Crippen LogP contribution is -2.40. The van der Waals surface area contributed by atoms with Gasteiger partial charge in [0, 0.05) is 14.1 Å². The Kier molecular flexibility index (Phi) is 3.17. The van der Waals surface area contributed by atoms with Crippen molar-refractivity contribution in [3.8, 4) is 0 Å². The number of nitrogens with zero attached hydrogens (tertiary/aromatic N) is 3. The van der Waals surface area contributed by atoms with E-state index >= 15 is 0 Å². The third kappa shape index (κ3) is 2.39. The summed E-state index contributed by atoms with van der Waals surface area (Å²) >= 11 is 0. The molecule has 0 aliphatic rings. The van der Waals surface area contributed by atoms with Gasteiger partial charge in [-0.05, 0) is 0 Å². The molecule has 0 fully saturated rings. The van der Waals surface area contributed by atoms with E-state index in [9.17, 15) is 18.4 Å². The van der Waals surface area contributed by atoms with Crippen LogP contribution in [0.2, 0.25) is 0 Å². The van der Waals surface area contributed by atoms with Crippen molar-refractivity contribution in [1.29, 1.82) is 0 Å². The lowest BCUT2D eigenvalue weighted by atomic mass is 10.6. The van der Waals surface area contributed by atoms with Crippen molar-refractivity contribution in [2.45, 2.75) is 6.43 Å². The average molecular weight is 220 g/mol. The second-order valence-electron chi connectivity index (χ2n) is 2.89. The van der Waals surface area contributed by atoms with Crippen LogP contribution in [0.15, 0.2) is 9.59 Å². The van der Waals surface area contributed by atoms with E-state index in [0.29, 0.717) is 0 Å². The highest BCUT2D eigenvalue weighted by Crippen LogP contribution is 1.94. The van der Waals surface area contributed by atoms with Crippen molar-refractivity contribution < 1.29 is 8.78 Å². The summed E-state index contributed by atoms with van der Waals surface area (Å²) in [5.41, 5.74) is -1.33. The molecule has 1 rings (SSSR count). The van der Waals surface area contributed by atoms with Gasteiger partial charge < -0.3 is 5.32 Å². The largest absolute Gasteiger partial charge is 0.358 e. The first-order valence-corrected chi connectivity index (χ1v) is 4.10. The minimum Gasteiger partial charge on any atom is -0.358 e. The van der Waals surface area contributed by atoms with Gasteiger partial charge in [-0.2, -0.15) is 0 Å². The lowest BCUT2D eigenvalue weighted by molar-refractivity contribution is 0.163. The molecule has 1 N–H and O–H groups in total. The summed E-state index contributed by atoms with van der Waals surface area (Å²) in [6.07, 6.45) is -2.59. The molecule has 15 heavy (non-hydrogen) atoms. The second kappa shape index (κ2) is 4.20. The molecule has 0 saturated carbocycles. The summed E-state index contributed by atoms with van der Waals surface area (Å²) in [5.74, 6) is -0.264. The monoisotopic (exact) mass is 220 g/mol. The fourth-order valence-electron chi connectivity index (χ4n) is 0.983. The van der Waals surface area contributed by atoms with E-state index in [-0.39, 0.29) is 5.82 Å². The van der Waals surface area contributed by atoms with Gasteiger partial charge >= 0.3 is 5.69 Å². The maximum absolute atomic E-state index is 11.9. The highest BCUT2D eigenvalue weighted by atomic mass is 19.3. The van der Waals surface area contributed by atoms with Gasteiger partial charge in [0.05, 0.1) is 6.54 Å². The molecule has 0 aromatic carbocycles. The number of anilines is 1. The Morgan fingerprint density at radius 3 is 2.53 bits per heavy atom. The zero-order chi connectivity index (χ0) is 11.6. The van der Waals surface area contributed by atoms with E-state index in [0.717, 1.165) is 9.25 Å². The first-order valence-electron chi connectivity index (χ1n) is 4.10. The van der Waals surface area contributed by atoms with Gasteiger partial charge in [-0.25, -0.2) is 18.3 Å². The van der Waals surface area contributed by atoms with E-state index in [1.807, 2.05) is 0 Å². The zero-order valence-corrected chi connectivity index (χ0v) is 8.20. The second-order valence-corrected chi connectivity index (χ2v) is 2.89. The Hall–Kier alpha value is -1.73. The maximum Gasteiger partial charge on any atom is 0.346 e. The Morgan fingerprint density at radius 2 is 2.00 bits per heavy atom. The number of aromatic nitrogens is 3. The quantitative estimate of drug-likeness (QED) is 0.720. The van der Waals surface area contributed by atoms with Gasteiger partial charge in [-0.3, -0.25) is 9.36 Å². The first-order chi connectivity index (χ1) is 6.93. The molecule has 0 atom stereocenters. The third-order valence-electron chi connectivity index (χ3n) is 1.74. The molecule has 0 bridgehead atoms. The van der Waals surface area contributed by atoms with Crippen molar-refractivity contribution in [1.82, 2.24) is 14.3 Å². The molecule has 0 spiro atoms. The van der Waals surface area contributed by atoms with Crippen LogP contribution in [0.3, 0.4) is 0 Å². The van der Waals surface area contributed by atoms with Gasteiger partial charge in [0.25, 0.3) is 12.0 Å². The predicted molar refractivity (Wildman–Crippen MR) is 49.2 cm³/mol. The van der Waals surface area contributed by atoms with Crippen molar-refractivity contribution in [2.24, 2.45) is 14.1 Å². The smallest absolute Gasteiger partial charge is 0.346 e. The standard InChI is InChI=1S/C7H10F2N4O2/c1-12-6(14)5(10-3-4(8)9)11-13(2)7(12)15/h4H,3H2,1-2H3,(H,10,11). The van der Waals surface area contributed by atoms with Crippen LogP contribution in [-0.2, 0) is 14.1 Å². The summed E-state index contributed by atoms with van der Waals surface area (Å²) in [6, 6.07) is 0. The molecule has 1 aromatic rings. The molecular weight excluding hydrogens is 210 g/mol. The van der Waals surface area contributed by atoms with Crippen LogP contribution in [-0.4, -0.2) is 27.3 Å². The molecule has 1 heterocycles. The average Bonchev–Trinajstić information content (AvgIpc) is 2.18. The number of hydrogen-bond donors (Lipinski definition) is 1. The van der Waals surface area contributed by atoms with Crippen molar-refractivity contribution in [2.75, 3.05) is 11.9 Å². The minimum absolute atomic E-state index is 0.264. The molecule has 0 radical (unpaired) electrons. The fraction of sp³-hybridized carbons (Fsp3) is 0.571. The van der Waals surface area contributed by atoms with E-state index in [1.54, 1.807) is 0 Å². The van der Waals surface area contributed by atoms with Crippen molar-refractivity contribution >= 4 is 5.82 Å². The Labute approximate surface area is 83.1 Å². The molecule has 0 amide bonds. The van der Waals surface area contributed by atoms with Gasteiger partial charge in [0.2, 0.25) is 5.82 Å². The molecular formula is C7H10F2N4O2. The Bertz CT molecular complexity index is 465. The Balaban J connectivity index is 3.10. The van der Waals surface area contributed by atoms with Gasteiger partial charge in [-0.15, -0.1) is 5.10 Å². The maximum atomic E-state index is 11.9. The molecule has 1 aromatic heterocycles. The molecule has 8 heteroatoms. The Morgan fingerprint density at radius 1 is 1.40 bits per heavy atom. The van der Waals surface area contributed by atoms with Crippen LogP contribution in [0.4, 0.5) is 14.6 Å². The first kappa shape index (κ1) is 11.3. The van der Waals surface area contributed by atoms with Gasteiger partial charge in [0.15, 0.2) is 0 Å². The van der Waals surface area contributed by atoms with Gasteiger partial charge in [-0.1, -0.05) is 0 Å². The van der Waals surface area contributed by atoms with Crippen molar-refractivity contribution in [3.05, 3.63) is 20.8 Å². The molecule has 0 unspecified atom stereocenters. The fourth-order valence-corrected chi connectivity index (χ4v) is 0.983. The van der Waals surface area contributed by atoms with Crippen LogP contribution in [0.1, 0.15) is 0 Å². The summed E-state index contributed by atoms with van der Waals surface area (Å²) in [4.78, 5) is 22.5. The highest BCUT2D eigenvalue weighted by Gasteiger charge is 2.10. The lowest BCUT2D eigenvalue weighted by Gasteiger charge is -2.06. The number of rotatable bonds is 3. The molecule has 0 aliphatic carbocycles. The van der Waals surface area contributed by atoms with Crippen molar-refractivity contribution in [3.63, 3.8) is 0 Å². The number of halogens is 2. The molecule has 0 saturated heterocycles. The SMILES string of the molecule is Cn1nc(NCC(F)F)c(=O)n(C)c1=O. The molecule has 0 aliphatic heterocycles. The summed E-state index contributed by atoms with van der Waals surface area (Å²) in [5, 5.41) is 5.70. The van der Waals surface area contributed by atoms with Crippen LogP contribution in [0.5, 0.6) is 0 Å². The van der Waals surface area contributed by atoms with Gasteiger partial charge in [0.1, 0.15) is 0 Å². The zero-order valence-electron chi connectivity index (χ0n) is 8.20. The summed E-state index contributed by atoms with van der Waals surface area (Å²) < 4.78 is 25.4. The topological polar surface area (TPSA) is 68.9 Å². The molecule has 84 valence electrons. The summed E-state index contributed by atoms with van der Waals surface area (Å²) in [7, 11) is 2.58. The van der Waals surface area contributed by atoms with E-state index in [4.69, 9.17) is 0 Å². The highest BCUT2D eigenvalue weighted by molar-refractivity contribution is 5.29. The van der Waals surface area contributed by atoms with E-state index < -0.39 is 24.2 Å². The number of nitrogens with one attached hydrogen (secondary N) is 1. The number of aryl methyl sites for hydroxylation is 1.